The zero-order valence-electron chi connectivity index (χ0n) is 14.2. The van der Waals surface area contributed by atoms with E-state index in [4.69, 9.17) is 4.74 Å². The Labute approximate surface area is 142 Å². The summed E-state index contributed by atoms with van der Waals surface area (Å²) in [6.45, 7) is 5.12. The number of carbonyl (C=O) groups excluding carboxylic acids is 3. The summed E-state index contributed by atoms with van der Waals surface area (Å²) in [4.78, 5) is 37.1. The van der Waals surface area contributed by atoms with Gasteiger partial charge < -0.3 is 15.0 Å². The maximum Gasteiger partial charge on any atom is 0.310 e. The van der Waals surface area contributed by atoms with Gasteiger partial charge in [0, 0.05) is 32.1 Å². The van der Waals surface area contributed by atoms with Gasteiger partial charge in [0.2, 0.25) is 5.91 Å². The minimum absolute atomic E-state index is 0.0740. The fourth-order valence-corrected chi connectivity index (χ4v) is 2.79. The maximum absolute atomic E-state index is 12.6. The van der Waals surface area contributed by atoms with Gasteiger partial charge in [-0.1, -0.05) is 12.1 Å². The van der Waals surface area contributed by atoms with Gasteiger partial charge in [-0.25, -0.2) is 0 Å². The van der Waals surface area contributed by atoms with E-state index < -0.39 is 0 Å². The number of likely N-dealkylation sites (tertiary alicyclic amines) is 1. The van der Waals surface area contributed by atoms with E-state index in [-0.39, 0.29) is 23.7 Å². The van der Waals surface area contributed by atoms with Gasteiger partial charge in [-0.05, 0) is 37.5 Å². The lowest BCUT2D eigenvalue weighted by Gasteiger charge is -2.31. The summed E-state index contributed by atoms with van der Waals surface area (Å²) in [7, 11) is 0. The predicted molar refractivity (Wildman–Crippen MR) is 89.2 cm³/mol. The van der Waals surface area contributed by atoms with Gasteiger partial charge in [0.1, 0.15) is 0 Å². The lowest BCUT2D eigenvalue weighted by Crippen LogP contribution is -2.42. The number of rotatable bonds is 5. The average Bonchev–Trinajstić information content (AvgIpc) is 2.60. The molecule has 0 radical (unpaired) electrons. The molecule has 1 atom stereocenters. The molecule has 1 unspecified atom stereocenters. The number of amides is 2. The molecule has 24 heavy (non-hydrogen) atoms. The summed E-state index contributed by atoms with van der Waals surface area (Å²) >= 11 is 0. The van der Waals surface area contributed by atoms with Gasteiger partial charge in [-0.3, -0.25) is 14.4 Å². The third kappa shape index (κ3) is 4.81. The fourth-order valence-electron chi connectivity index (χ4n) is 2.79. The molecule has 0 spiro atoms. The molecule has 1 aromatic carbocycles. The molecule has 0 saturated carbocycles. The average molecular weight is 332 g/mol. The summed E-state index contributed by atoms with van der Waals surface area (Å²) in [5.74, 6) is -0.620. The molecule has 1 saturated heterocycles. The Morgan fingerprint density at radius 3 is 2.58 bits per heavy atom. The highest BCUT2D eigenvalue weighted by Crippen LogP contribution is 2.20. The van der Waals surface area contributed by atoms with E-state index in [1.807, 2.05) is 12.1 Å². The third-order valence-corrected chi connectivity index (χ3v) is 4.07. The van der Waals surface area contributed by atoms with Gasteiger partial charge in [-0.2, -0.15) is 0 Å². The second kappa shape index (κ2) is 8.47. The molecule has 2 amide bonds. The molecule has 1 N–H and O–H groups in total. The molecule has 6 nitrogen and oxygen atoms in total. The number of benzene rings is 1. The normalized spacial score (nSPS) is 17.2. The molecule has 6 heteroatoms. The number of ether oxygens (including phenoxy) is 1. The Kier molecular flexibility index (Phi) is 6.35. The SMILES string of the molecule is CCOC(=O)C1CCCN(C(=O)c2ccc(CNC(C)=O)cc2)C1. The van der Waals surface area contributed by atoms with Crippen LogP contribution in [0.1, 0.15) is 42.6 Å². The number of piperidine rings is 1. The first-order chi connectivity index (χ1) is 11.5. The third-order valence-electron chi connectivity index (χ3n) is 4.07. The van der Waals surface area contributed by atoms with Crippen molar-refractivity contribution in [3.63, 3.8) is 0 Å². The second-order valence-corrected chi connectivity index (χ2v) is 5.95. The summed E-state index contributed by atoms with van der Waals surface area (Å²) in [6, 6.07) is 7.17. The van der Waals surface area contributed by atoms with Crippen molar-refractivity contribution in [3.8, 4) is 0 Å². The van der Waals surface area contributed by atoms with Crippen LogP contribution in [0.15, 0.2) is 24.3 Å². The van der Waals surface area contributed by atoms with Crippen LogP contribution in [0.2, 0.25) is 0 Å². The summed E-state index contributed by atoms with van der Waals surface area (Å²) < 4.78 is 5.07. The van der Waals surface area contributed by atoms with E-state index >= 15 is 0 Å². The Balaban J connectivity index is 1.97. The molecule has 1 aliphatic rings. The Morgan fingerprint density at radius 2 is 1.96 bits per heavy atom. The number of hydrogen-bond acceptors (Lipinski definition) is 4. The highest BCUT2D eigenvalue weighted by atomic mass is 16.5. The van der Waals surface area contributed by atoms with Crippen molar-refractivity contribution in [1.29, 1.82) is 0 Å². The molecule has 0 aromatic heterocycles. The molecule has 0 bridgehead atoms. The molecule has 0 aliphatic carbocycles. The Hall–Kier alpha value is -2.37. The monoisotopic (exact) mass is 332 g/mol. The van der Waals surface area contributed by atoms with Crippen molar-refractivity contribution in [2.24, 2.45) is 5.92 Å². The van der Waals surface area contributed by atoms with E-state index in [9.17, 15) is 14.4 Å². The van der Waals surface area contributed by atoms with Gasteiger partial charge in [0.25, 0.3) is 5.91 Å². The van der Waals surface area contributed by atoms with E-state index in [0.29, 0.717) is 31.8 Å². The van der Waals surface area contributed by atoms with Crippen molar-refractivity contribution >= 4 is 17.8 Å². The Morgan fingerprint density at radius 1 is 1.25 bits per heavy atom. The van der Waals surface area contributed by atoms with Crippen LogP contribution in [0.3, 0.4) is 0 Å². The minimum atomic E-state index is -0.235. The van der Waals surface area contributed by atoms with Crippen molar-refractivity contribution < 1.29 is 19.1 Å². The smallest absolute Gasteiger partial charge is 0.310 e. The molecule has 1 fully saturated rings. The number of hydrogen-bond donors (Lipinski definition) is 1. The number of nitrogens with one attached hydrogen (secondary N) is 1. The molecule has 1 aromatic rings. The molecular formula is C18H24N2O4. The van der Waals surface area contributed by atoms with Crippen molar-refractivity contribution in [2.45, 2.75) is 33.2 Å². The number of nitrogens with zero attached hydrogens (tertiary/aromatic N) is 1. The standard InChI is InChI=1S/C18H24N2O4/c1-3-24-18(23)16-5-4-10-20(12-16)17(22)15-8-6-14(7-9-15)11-19-13(2)21/h6-9,16H,3-5,10-12H2,1-2H3,(H,19,21). The molecular weight excluding hydrogens is 308 g/mol. The van der Waals surface area contributed by atoms with Crippen LogP contribution >= 0.6 is 0 Å². The second-order valence-electron chi connectivity index (χ2n) is 5.95. The topological polar surface area (TPSA) is 75.7 Å². The maximum atomic E-state index is 12.6. The van der Waals surface area contributed by atoms with Crippen LogP contribution in [-0.2, 0) is 20.9 Å². The van der Waals surface area contributed by atoms with E-state index in [1.54, 1.807) is 24.0 Å². The molecule has 130 valence electrons. The van der Waals surface area contributed by atoms with Crippen LogP contribution in [0.5, 0.6) is 0 Å². The highest BCUT2D eigenvalue weighted by Gasteiger charge is 2.29. The predicted octanol–water partition coefficient (Wildman–Crippen LogP) is 1.74. The quantitative estimate of drug-likeness (QED) is 0.833. The summed E-state index contributed by atoms with van der Waals surface area (Å²) in [5.41, 5.74) is 1.52. The summed E-state index contributed by atoms with van der Waals surface area (Å²) in [6.07, 6.45) is 1.56. The van der Waals surface area contributed by atoms with Crippen molar-refractivity contribution in [2.75, 3.05) is 19.7 Å². The van der Waals surface area contributed by atoms with Gasteiger partial charge in [0.15, 0.2) is 0 Å². The highest BCUT2D eigenvalue weighted by molar-refractivity contribution is 5.94. The first-order valence-corrected chi connectivity index (χ1v) is 8.30. The van der Waals surface area contributed by atoms with E-state index in [2.05, 4.69) is 5.32 Å². The van der Waals surface area contributed by atoms with Gasteiger partial charge in [0.05, 0.1) is 12.5 Å². The zero-order chi connectivity index (χ0) is 17.5. The lowest BCUT2D eigenvalue weighted by atomic mass is 9.97. The van der Waals surface area contributed by atoms with Crippen molar-refractivity contribution in [1.82, 2.24) is 10.2 Å². The number of carbonyl (C=O) groups is 3. The van der Waals surface area contributed by atoms with Crippen LogP contribution in [0.4, 0.5) is 0 Å². The van der Waals surface area contributed by atoms with Crippen LogP contribution in [0, 0.1) is 5.92 Å². The van der Waals surface area contributed by atoms with Crippen LogP contribution in [0.25, 0.3) is 0 Å². The van der Waals surface area contributed by atoms with E-state index in [0.717, 1.165) is 18.4 Å². The lowest BCUT2D eigenvalue weighted by molar-refractivity contribution is -0.149. The minimum Gasteiger partial charge on any atom is -0.466 e. The first-order valence-electron chi connectivity index (χ1n) is 8.30. The zero-order valence-corrected chi connectivity index (χ0v) is 14.2. The summed E-state index contributed by atoms with van der Waals surface area (Å²) in [5, 5.41) is 2.72. The Bertz CT molecular complexity index is 598. The largest absolute Gasteiger partial charge is 0.466 e. The first kappa shape index (κ1) is 18.0. The molecule has 1 heterocycles. The molecule has 1 aliphatic heterocycles. The van der Waals surface area contributed by atoms with E-state index in [1.165, 1.54) is 6.92 Å². The van der Waals surface area contributed by atoms with Crippen LogP contribution in [-0.4, -0.2) is 42.4 Å². The fraction of sp³-hybridized carbons (Fsp3) is 0.500. The van der Waals surface area contributed by atoms with Crippen molar-refractivity contribution in [3.05, 3.63) is 35.4 Å². The number of esters is 1. The molecule has 2 rings (SSSR count). The van der Waals surface area contributed by atoms with Gasteiger partial charge >= 0.3 is 5.97 Å². The van der Waals surface area contributed by atoms with Crippen LogP contribution < -0.4 is 5.32 Å². The van der Waals surface area contributed by atoms with Gasteiger partial charge in [-0.15, -0.1) is 0 Å².